The molecule has 3 fully saturated rings. The zero-order valence-corrected chi connectivity index (χ0v) is 13.4. The zero-order valence-electron chi connectivity index (χ0n) is 13.4. The van der Waals surface area contributed by atoms with Crippen LogP contribution in [0.4, 0.5) is 0 Å². The molecule has 3 rings (SSSR count). The molecule has 4 heteroatoms. The van der Waals surface area contributed by atoms with E-state index in [0.717, 1.165) is 38.3 Å². The van der Waals surface area contributed by atoms with Gasteiger partial charge in [-0.2, -0.15) is 0 Å². The van der Waals surface area contributed by atoms with Gasteiger partial charge in [0.2, 0.25) is 5.91 Å². The SMILES string of the molecule is CC(C(=O)NC1CCN2CCCC2C1)C1CCCC(N)C1. The van der Waals surface area contributed by atoms with E-state index in [0.29, 0.717) is 18.0 Å². The van der Waals surface area contributed by atoms with Crippen molar-refractivity contribution in [3.8, 4) is 0 Å². The standard InChI is InChI=1S/C17H31N3O/c1-12(13-4-2-5-14(18)10-13)17(21)19-15-7-9-20-8-3-6-16(20)11-15/h12-16H,2-11,18H2,1H3,(H,19,21). The van der Waals surface area contributed by atoms with E-state index >= 15 is 0 Å². The Kier molecular flexibility index (Phi) is 4.85. The summed E-state index contributed by atoms with van der Waals surface area (Å²) in [5, 5.41) is 3.34. The molecule has 1 aliphatic carbocycles. The van der Waals surface area contributed by atoms with Crippen molar-refractivity contribution in [1.29, 1.82) is 0 Å². The Balaban J connectivity index is 1.49. The first-order chi connectivity index (χ1) is 10.1. The van der Waals surface area contributed by atoms with E-state index in [9.17, 15) is 4.79 Å². The highest BCUT2D eigenvalue weighted by Gasteiger charge is 2.34. The van der Waals surface area contributed by atoms with Gasteiger partial charge in [0.15, 0.2) is 0 Å². The van der Waals surface area contributed by atoms with Gasteiger partial charge < -0.3 is 16.0 Å². The molecule has 3 N–H and O–H groups in total. The molecule has 5 unspecified atom stereocenters. The lowest BCUT2D eigenvalue weighted by atomic mass is 9.78. The Morgan fingerprint density at radius 1 is 1.14 bits per heavy atom. The predicted octanol–water partition coefficient (Wildman–Crippen LogP) is 1.88. The molecule has 2 aliphatic heterocycles. The topological polar surface area (TPSA) is 58.4 Å². The molecule has 2 saturated heterocycles. The number of rotatable bonds is 3. The molecule has 21 heavy (non-hydrogen) atoms. The van der Waals surface area contributed by atoms with Gasteiger partial charge in [0.25, 0.3) is 0 Å². The number of amides is 1. The average Bonchev–Trinajstić information content (AvgIpc) is 2.94. The van der Waals surface area contributed by atoms with Crippen LogP contribution in [0.2, 0.25) is 0 Å². The fraction of sp³-hybridized carbons (Fsp3) is 0.941. The highest BCUT2D eigenvalue weighted by molar-refractivity contribution is 5.78. The first-order valence-electron chi connectivity index (χ1n) is 8.93. The number of nitrogens with two attached hydrogens (primary N) is 1. The number of carbonyl (C=O) groups is 1. The second-order valence-corrected chi connectivity index (χ2v) is 7.54. The van der Waals surface area contributed by atoms with Crippen LogP contribution in [0, 0.1) is 11.8 Å². The maximum Gasteiger partial charge on any atom is 0.223 e. The molecule has 1 amide bonds. The Bertz CT molecular complexity index is 373. The molecule has 4 nitrogen and oxygen atoms in total. The monoisotopic (exact) mass is 293 g/mol. The summed E-state index contributed by atoms with van der Waals surface area (Å²) >= 11 is 0. The van der Waals surface area contributed by atoms with Crippen LogP contribution < -0.4 is 11.1 Å². The molecular weight excluding hydrogens is 262 g/mol. The molecule has 0 spiro atoms. The van der Waals surface area contributed by atoms with Crippen molar-refractivity contribution in [2.45, 2.75) is 76.4 Å². The Morgan fingerprint density at radius 2 is 2.00 bits per heavy atom. The molecule has 120 valence electrons. The van der Waals surface area contributed by atoms with Crippen molar-refractivity contribution < 1.29 is 4.79 Å². The zero-order chi connectivity index (χ0) is 14.8. The molecule has 0 aromatic carbocycles. The maximum absolute atomic E-state index is 12.5. The van der Waals surface area contributed by atoms with E-state index in [-0.39, 0.29) is 11.8 Å². The van der Waals surface area contributed by atoms with Crippen LogP contribution in [-0.4, -0.2) is 42.0 Å². The van der Waals surface area contributed by atoms with Gasteiger partial charge >= 0.3 is 0 Å². The number of hydrogen-bond acceptors (Lipinski definition) is 3. The van der Waals surface area contributed by atoms with Gasteiger partial charge in [0.1, 0.15) is 0 Å². The van der Waals surface area contributed by atoms with Crippen LogP contribution in [0.15, 0.2) is 0 Å². The molecule has 5 atom stereocenters. The van der Waals surface area contributed by atoms with E-state index < -0.39 is 0 Å². The lowest BCUT2D eigenvalue weighted by Crippen LogP contribution is -2.49. The highest BCUT2D eigenvalue weighted by atomic mass is 16.1. The number of carbonyl (C=O) groups excluding carboxylic acids is 1. The van der Waals surface area contributed by atoms with Crippen molar-refractivity contribution in [3.63, 3.8) is 0 Å². The van der Waals surface area contributed by atoms with E-state index in [4.69, 9.17) is 5.73 Å². The van der Waals surface area contributed by atoms with Gasteiger partial charge in [-0.1, -0.05) is 13.3 Å². The lowest BCUT2D eigenvalue weighted by Gasteiger charge is -2.36. The third kappa shape index (κ3) is 3.59. The Labute approximate surface area is 128 Å². The summed E-state index contributed by atoms with van der Waals surface area (Å²) in [7, 11) is 0. The number of nitrogens with one attached hydrogen (secondary N) is 1. The van der Waals surface area contributed by atoms with Crippen LogP contribution in [0.1, 0.15) is 58.3 Å². The van der Waals surface area contributed by atoms with Crippen LogP contribution in [-0.2, 0) is 4.79 Å². The molecule has 0 aromatic heterocycles. The fourth-order valence-electron chi connectivity index (χ4n) is 4.62. The largest absolute Gasteiger partial charge is 0.353 e. The van der Waals surface area contributed by atoms with Crippen LogP contribution in [0.3, 0.4) is 0 Å². The van der Waals surface area contributed by atoms with Gasteiger partial charge in [-0.15, -0.1) is 0 Å². The second-order valence-electron chi connectivity index (χ2n) is 7.54. The number of piperidine rings is 1. The fourth-order valence-corrected chi connectivity index (χ4v) is 4.62. The Hall–Kier alpha value is -0.610. The first kappa shape index (κ1) is 15.3. The summed E-state index contributed by atoms with van der Waals surface area (Å²) in [5.41, 5.74) is 6.07. The molecule has 3 aliphatic rings. The summed E-state index contributed by atoms with van der Waals surface area (Å²) in [5.74, 6) is 0.879. The molecular formula is C17H31N3O. The minimum atomic E-state index is 0.123. The number of hydrogen-bond donors (Lipinski definition) is 2. The average molecular weight is 293 g/mol. The van der Waals surface area contributed by atoms with E-state index in [1.165, 1.54) is 32.2 Å². The van der Waals surface area contributed by atoms with Gasteiger partial charge in [-0.25, -0.2) is 0 Å². The minimum absolute atomic E-state index is 0.123. The molecule has 0 bridgehead atoms. The van der Waals surface area contributed by atoms with Gasteiger partial charge in [-0.3, -0.25) is 4.79 Å². The molecule has 1 saturated carbocycles. The van der Waals surface area contributed by atoms with Gasteiger partial charge in [0, 0.05) is 30.6 Å². The highest BCUT2D eigenvalue weighted by Crippen LogP contribution is 2.31. The summed E-state index contributed by atoms with van der Waals surface area (Å²) in [6, 6.07) is 1.43. The summed E-state index contributed by atoms with van der Waals surface area (Å²) in [6.07, 6.45) is 9.44. The van der Waals surface area contributed by atoms with Crippen molar-refractivity contribution in [1.82, 2.24) is 10.2 Å². The number of nitrogens with zero attached hydrogens (tertiary/aromatic N) is 1. The summed E-state index contributed by atoms with van der Waals surface area (Å²) < 4.78 is 0. The Morgan fingerprint density at radius 3 is 2.81 bits per heavy atom. The second kappa shape index (κ2) is 6.66. The smallest absolute Gasteiger partial charge is 0.223 e. The van der Waals surface area contributed by atoms with Crippen molar-refractivity contribution in [3.05, 3.63) is 0 Å². The van der Waals surface area contributed by atoms with E-state index in [1.807, 2.05) is 0 Å². The first-order valence-corrected chi connectivity index (χ1v) is 8.93. The summed E-state index contributed by atoms with van der Waals surface area (Å²) in [6.45, 7) is 4.53. The molecule has 2 heterocycles. The third-order valence-electron chi connectivity index (χ3n) is 6.04. The minimum Gasteiger partial charge on any atom is -0.353 e. The summed E-state index contributed by atoms with van der Waals surface area (Å²) in [4.78, 5) is 15.1. The van der Waals surface area contributed by atoms with Crippen LogP contribution in [0.5, 0.6) is 0 Å². The van der Waals surface area contributed by atoms with Crippen molar-refractivity contribution in [2.24, 2.45) is 17.6 Å². The molecule has 0 radical (unpaired) electrons. The van der Waals surface area contributed by atoms with Crippen LogP contribution >= 0.6 is 0 Å². The third-order valence-corrected chi connectivity index (χ3v) is 6.04. The number of fused-ring (bicyclic) bond motifs is 1. The van der Waals surface area contributed by atoms with E-state index in [2.05, 4.69) is 17.1 Å². The van der Waals surface area contributed by atoms with Crippen molar-refractivity contribution in [2.75, 3.05) is 13.1 Å². The quantitative estimate of drug-likeness (QED) is 0.835. The maximum atomic E-state index is 12.5. The van der Waals surface area contributed by atoms with Crippen molar-refractivity contribution >= 4 is 5.91 Å². The van der Waals surface area contributed by atoms with E-state index in [1.54, 1.807) is 0 Å². The van der Waals surface area contributed by atoms with Gasteiger partial charge in [0.05, 0.1) is 0 Å². The molecule has 0 aromatic rings. The normalized spacial score (nSPS) is 38.8. The van der Waals surface area contributed by atoms with Gasteiger partial charge in [-0.05, 0) is 57.4 Å². The lowest BCUT2D eigenvalue weighted by molar-refractivity contribution is -0.127. The predicted molar refractivity (Wildman–Crippen MR) is 84.9 cm³/mol. The van der Waals surface area contributed by atoms with Crippen LogP contribution in [0.25, 0.3) is 0 Å².